The van der Waals surface area contributed by atoms with E-state index < -0.39 is 23.8 Å². The predicted octanol–water partition coefficient (Wildman–Crippen LogP) is 2.98. The molecule has 0 saturated heterocycles. The Morgan fingerprint density at radius 3 is 2.47 bits per heavy atom. The van der Waals surface area contributed by atoms with Gasteiger partial charge in [0.1, 0.15) is 5.82 Å². The highest BCUT2D eigenvalue weighted by atomic mass is 79.9. The van der Waals surface area contributed by atoms with E-state index in [0.29, 0.717) is 4.47 Å². The van der Waals surface area contributed by atoms with Gasteiger partial charge in [-0.25, -0.2) is 4.39 Å². The lowest BCUT2D eigenvalue weighted by Crippen LogP contribution is -2.27. The Bertz CT molecular complexity index is 420. The van der Waals surface area contributed by atoms with Crippen LogP contribution >= 0.6 is 15.9 Å². The van der Waals surface area contributed by atoms with Gasteiger partial charge in [0.2, 0.25) is 0 Å². The number of carboxylic acids is 1. The van der Waals surface area contributed by atoms with Crippen LogP contribution < -0.4 is 0 Å². The Balaban J connectivity index is 3.13. The average molecular weight is 305 g/mol. The summed E-state index contributed by atoms with van der Waals surface area (Å²) in [4.78, 5) is 11.1. The summed E-state index contributed by atoms with van der Waals surface area (Å²) in [6.45, 7) is 3.41. The molecule has 2 unspecified atom stereocenters. The third kappa shape index (κ3) is 3.26. The molecule has 1 rings (SSSR count). The molecule has 0 amide bonds. The van der Waals surface area contributed by atoms with Crippen molar-refractivity contribution in [2.45, 2.75) is 20.0 Å². The quantitative estimate of drug-likeness (QED) is 0.899. The van der Waals surface area contributed by atoms with E-state index in [1.54, 1.807) is 13.8 Å². The topological polar surface area (TPSA) is 57.5 Å². The van der Waals surface area contributed by atoms with Gasteiger partial charge in [0.05, 0.1) is 12.0 Å². The van der Waals surface area contributed by atoms with Crippen LogP contribution in [0.5, 0.6) is 0 Å². The van der Waals surface area contributed by atoms with Crippen molar-refractivity contribution < 1.29 is 19.4 Å². The first-order valence-electron chi connectivity index (χ1n) is 5.20. The molecule has 0 heterocycles. The molecule has 94 valence electrons. The Labute approximate surface area is 107 Å². The van der Waals surface area contributed by atoms with Gasteiger partial charge in [-0.3, -0.25) is 4.79 Å². The standard InChI is InChI=1S/C12H14BrFO3/c1-6(2)10(12(16)17)11(15)8-5-7(14)3-4-9(8)13/h3-6,10-11,15H,1-2H3,(H,16,17). The highest BCUT2D eigenvalue weighted by Crippen LogP contribution is 2.33. The second-order valence-electron chi connectivity index (χ2n) is 4.22. The summed E-state index contributed by atoms with van der Waals surface area (Å²) in [5, 5.41) is 19.1. The summed E-state index contributed by atoms with van der Waals surface area (Å²) in [7, 11) is 0. The predicted molar refractivity (Wildman–Crippen MR) is 65.0 cm³/mol. The monoisotopic (exact) mass is 304 g/mol. The van der Waals surface area contributed by atoms with Gasteiger partial charge >= 0.3 is 5.97 Å². The van der Waals surface area contributed by atoms with Crippen LogP contribution in [0.4, 0.5) is 4.39 Å². The second-order valence-corrected chi connectivity index (χ2v) is 5.07. The lowest BCUT2D eigenvalue weighted by atomic mass is 9.86. The van der Waals surface area contributed by atoms with E-state index in [1.807, 2.05) is 0 Å². The van der Waals surface area contributed by atoms with E-state index in [0.717, 1.165) is 6.07 Å². The second kappa shape index (κ2) is 5.60. The van der Waals surface area contributed by atoms with Crippen molar-refractivity contribution in [1.29, 1.82) is 0 Å². The lowest BCUT2D eigenvalue weighted by molar-refractivity contribution is -0.148. The van der Waals surface area contributed by atoms with E-state index >= 15 is 0 Å². The summed E-state index contributed by atoms with van der Waals surface area (Å²) >= 11 is 3.18. The van der Waals surface area contributed by atoms with Crippen LogP contribution in [0, 0.1) is 17.7 Å². The van der Waals surface area contributed by atoms with Crippen molar-refractivity contribution in [3.63, 3.8) is 0 Å². The Kier molecular flexibility index (Phi) is 4.65. The third-order valence-electron chi connectivity index (χ3n) is 2.62. The maximum Gasteiger partial charge on any atom is 0.309 e. The smallest absolute Gasteiger partial charge is 0.309 e. The zero-order chi connectivity index (χ0) is 13.2. The first kappa shape index (κ1) is 14.1. The molecular formula is C12H14BrFO3. The normalized spacial score (nSPS) is 14.7. The minimum Gasteiger partial charge on any atom is -0.481 e. The van der Waals surface area contributed by atoms with Crippen molar-refractivity contribution >= 4 is 21.9 Å². The van der Waals surface area contributed by atoms with Crippen molar-refractivity contribution in [1.82, 2.24) is 0 Å². The third-order valence-corrected chi connectivity index (χ3v) is 3.34. The highest BCUT2D eigenvalue weighted by molar-refractivity contribution is 9.10. The van der Waals surface area contributed by atoms with Gasteiger partial charge < -0.3 is 10.2 Å². The molecule has 0 aromatic heterocycles. The Morgan fingerprint density at radius 2 is 2.00 bits per heavy atom. The van der Waals surface area contributed by atoms with Crippen LogP contribution in [0.3, 0.4) is 0 Å². The first-order valence-corrected chi connectivity index (χ1v) is 5.99. The fourth-order valence-electron chi connectivity index (χ4n) is 1.72. The number of hydrogen-bond acceptors (Lipinski definition) is 2. The number of benzene rings is 1. The number of rotatable bonds is 4. The number of carboxylic acid groups (broad SMARTS) is 1. The van der Waals surface area contributed by atoms with E-state index in [9.17, 15) is 14.3 Å². The summed E-state index contributed by atoms with van der Waals surface area (Å²) < 4.78 is 13.6. The summed E-state index contributed by atoms with van der Waals surface area (Å²) in [5.41, 5.74) is 0.256. The molecule has 0 radical (unpaired) electrons. The van der Waals surface area contributed by atoms with Crippen LogP contribution in [-0.2, 0) is 4.79 Å². The summed E-state index contributed by atoms with van der Waals surface area (Å²) in [6.07, 6.45) is -1.24. The molecule has 0 aliphatic rings. The van der Waals surface area contributed by atoms with E-state index in [1.165, 1.54) is 12.1 Å². The van der Waals surface area contributed by atoms with Crippen LogP contribution in [0.15, 0.2) is 22.7 Å². The van der Waals surface area contributed by atoms with Gasteiger partial charge in [0, 0.05) is 4.47 Å². The minimum atomic E-state index is -1.24. The Morgan fingerprint density at radius 1 is 1.41 bits per heavy atom. The highest BCUT2D eigenvalue weighted by Gasteiger charge is 2.31. The fourth-order valence-corrected chi connectivity index (χ4v) is 2.20. The van der Waals surface area contributed by atoms with Crippen LogP contribution in [0.2, 0.25) is 0 Å². The van der Waals surface area contributed by atoms with Gasteiger partial charge in [-0.1, -0.05) is 29.8 Å². The largest absolute Gasteiger partial charge is 0.481 e. The lowest BCUT2D eigenvalue weighted by Gasteiger charge is -2.23. The summed E-state index contributed by atoms with van der Waals surface area (Å²) in [6, 6.07) is 3.84. The molecule has 0 spiro atoms. The number of aliphatic hydroxyl groups excluding tert-OH is 1. The molecule has 2 atom stereocenters. The maximum atomic E-state index is 13.1. The number of halogens is 2. The number of hydrogen-bond donors (Lipinski definition) is 2. The zero-order valence-electron chi connectivity index (χ0n) is 9.52. The fraction of sp³-hybridized carbons (Fsp3) is 0.417. The SMILES string of the molecule is CC(C)C(C(=O)O)C(O)c1cc(F)ccc1Br. The van der Waals surface area contributed by atoms with E-state index in [-0.39, 0.29) is 11.5 Å². The van der Waals surface area contributed by atoms with E-state index in [2.05, 4.69) is 15.9 Å². The molecule has 17 heavy (non-hydrogen) atoms. The molecule has 0 bridgehead atoms. The van der Waals surface area contributed by atoms with Crippen molar-refractivity contribution in [3.05, 3.63) is 34.1 Å². The van der Waals surface area contributed by atoms with Gasteiger partial charge in [-0.15, -0.1) is 0 Å². The van der Waals surface area contributed by atoms with Crippen LogP contribution in [0.25, 0.3) is 0 Å². The van der Waals surface area contributed by atoms with E-state index in [4.69, 9.17) is 5.11 Å². The maximum absolute atomic E-state index is 13.1. The number of aliphatic carboxylic acids is 1. The van der Waals surface area contributed by atoms with Gasteiger partial charge in [0.25, 0.3) is 0 Å². The summed E-state index contributed by atoms with van der Waals surface area (Å²) in [5.74, 6) is -2.82. The molecule has 1 aromatic carbocycles. The van der Waals surface area contributed by atoms with Gasteiger partial charge in [0.15, 0.2) is 0 Å². The molecular weight excluding hydrogens is 291 g/mol. The van der Waals surface area contributed by atoms with Crippen LogP contribution in [-0.4, -0.2) is 16.2 Å². The minimum absolute atomic E-state index is 0.252. The zero-order valence-corrected chi connectivity index (χ0v) is 11.1. The van der Waals surface area contributed by atoms with Crippen LogP contribution in [0.1, 0.15) is 25.5 Å². The molecule has 1 aromatic rings. The van der Waals surface area contributed by atoms with Crippen molar-refractivity contribution in [2.75, 3.05) is 0 Å². The molecule has 0 aliphatic heterocycles. The Hall–Kier alpha value is -0.940. The number of aliphatic hydroxyl groups is 1. The molecule has 0 aliphatic carbocycles. The van der Waals surface area contributed by atoms with Crippen molar-refractivity contribution in [3.8, 4) is 0 Å². The molecule has 3 nitrogen and oxygen atoms in total. The molecule has 0 fully saturated rings. The molecule has 2 N–H and O–H groups in total. The number of carbonyl (C=O) groups is 1. The van der Waals surface area contributed by atoms with Gasteiger partial charge in [-0.2, -0.15) is 0 Å². The molecule has 0 saturated carbocycles. The average Bonchev–Trinajstić information content (AvgIpc) is 2.20. The van der Waals surface area contributed by atoms with Gasteiger partial charge in [-0.05, 0) is 29.7 Å². The first-order chi connectivity index (χ1) is 7.84. The molecule has 5 heteroatoms. The van der Waals surface area contributed by atoms with Crippen molar-refractivity contribution in [2.24, 2.45) is 11.8 Å².